The van der Waals surface area contributed by atoms with E-state index in [1.165, 1.54) is 111 Å². The van der Waals surface area contributed by atoms with Gasteiger partial charge in [-0.3, -0.25) is 4.90 Å². The van der Waals surface area contributed by atoms with Crippen LogP contribution in [-0.4, -0.2) is 6.71 Å². The van der Waals surface area contributed by atoms with E-state index in [-0.39, 0.29) is 12.1 Å². The second-order valence-corrected chi connectivity index (χ2v) is 14.7. The first kappa shape index (κ1) is 28.7. The van der Waals surface area contributed by atoms with Crippen molar-refractivity contribution >= 4 is 51.3 Å². The van der Waals surface area contributed by atoms with Crippen LogP contribution in [0.4, 0.5) is 17.3 Å². The SMILES string of the molecule is CCCCc1cccc2c3c(oc12)N(c1cccc2c1CC2)c1cc(C)cc2c1B3c1cc(C(C)CCCC)ccc1C2(C)C. The Balaban J connectivity index is 1.46. The molecule has 4 aromatic carbocycles. The summed E-state index contributed by atoms with van der Waals surface area (Å²) in [5.41, 5.74) is 17.9. The van der Waals surface area contributed by atoms with Crippen LogP contribution in [0.2, 0.25) is 0 Å². The van der Waals surface area contributed by atoms with Gasteiger partial charge < -0.3 is 4.42 Å². The molecule has 2 aliphatic heterocycles. The van der Waals surface area contributed by atoms with Crippen molar-refractivity contribution in [2.75, 3.05) is 4.90 Å². The van der Waals surface area contributed by atoms with Crippen molar-refractivity contribution in [3.8, 4) is 0 Å². The van der Waals surface area contributed by atoms with Crippen molar-refractivity contribution < 1.29 is 4.42 Å². The Bertz CT molecular complexity index is 1960. The summed E-state index contributed by atoms with van der Waals surface area (Å²) in [6, 6.07) is 26.2. The summed E-state index contributed by atoms with van der Waals surface area (Å²) in [6.07, 6.45) is 9.44. The first-order chi connectivity index (χ1) is 21.8. The molecule has 1 atom stereocenters. The van der Waals surface area contributed by atoms with Crippen LogP contribution in [0.3, 0.4) is 0 Å². The summed E-state index contributed by atoms with van der Waals surface area (Å²) in [7, 11) is 0. The third-order valence-corrected chi connectivity index (χ3v) is 11.4. The van der Waals surface area contributed by atoms with Gasteiger partial charge in [0, 0.05) is 22.0 Å². The maximum absolute atomic E-state index is 7.22. The van der Waals surface area contributed by atoms with E-state index in [0.717, 1.165) is 24.3 Å². The molecule has 0 saturated heterocycles. The molecule has 0 bridgehead atoms. The number of hydrogen-bond donors (Lipinski definition) is 0. The maximum Gasteiger partial charge on any atom is 0.252 e. The number of unbranched alkanes of at least 4 members (excludes halogenated alkanes) is 2. The van der Waals surface area contributed by atoms with Crippen LogP contribution in [0.5, 0.6) is 0 Å². The molecule has 2 nitrogen and oxygen atoms in total. The number of nitrogens with zero attached hydrogens (tertiary/aromatic N) is 1. The lowest BCUT2D eigenvalue weighted by Gasteiger charge is -2.45. The second-order valence-electron chi connectivity index (χ2n) is 14.7. The van der Waals surface area contributed by atoms with Crippen LogP contribution in [-0.2, 0) is 24.7 Å². The van der Waals surface area contributed by atoms with Crippen molar-refractivity contribution in [1.82, 2.24) is 0 Å². The molecule has 1 unspecified atom stereocenters. The normalized spacial score (nSPS) is 16.1. The molecule has 0 amide bonds. The highest BCUT2D eigenvalue weighted by Crippen LogP contribution is 2.47. The van der Waals surface area contributed by atoms with E-state index in [1.807, 2.05) is 0 Å². The summed E-state index contributed by atoms with van der Waals surface area (Å²) in [5, 5.41) is 1.29. The zero-order valence-electron chi connectivity index (χ0n) is 28.0. The number of hydrogen-bond acceptors (Lipinski definition) is 2. The Labute approximate surface area is 269 Å². The molecular weight excluding hydrogens is 545 g/mol. The van der Waals surface area contributed by atoms with E-state index >= 15 is 0 Å². The zero-order valence-corrected chi connectivity index (χ0v) is 28.0. The number of furan rings is 1. The Morgan fingerprint density at radius 3 is 2.47 bits per heavy atom. The Morgan fingerprint density at radius 1 is 0.867 bits per heavy atom. The van der Waals surface area contributed by atoms with Gasteiger partial charge in [-0.15, -0.1) is 0 Å². The minimum Gasteiger partial charge on any atom is -0.440 e. The molecule has 1 aliphatic carbocycles. The van der Waals surface area contributed by atoms with E-state index < -0.39 is 0 Å². The highest BCUT2D eigenvalue weighted by Gasteiger charge is 2.49. The molecule has 228 valence electrons. The summed E-state index contributed by atoms with van der Waals surface area (Å²) in [4.78, 5) is 2.52. The molecular formula is C42H46BNO. The monoisotopic (exact) mass is 591 g/mol. The molecule has 0 radical (unpaired) electrons. The van der Waals surface area contributed by atoms with Gasteiger partial charge in [0.05, 0.1) is 5.69 Å². The number of rotatable bonds is 8. The molecule has 3 heterocycles. The lowest BCUT2D eigenvalue weighted by molar-refractivity contribution is 0.612. The highest BCUT2D eigenvalue weighted by atomic mass is 16.4. The van der Waals surface area contributed by atoms with Crippen molar-refractivity contribution in [3.05, 3.63) is 106 Å². The van der Waals surface area contributed by atoms with Gasteiger partial charge in [-0.05, 0) is 101 Å². The van der Waals surface area contributed by atoms with E-state index in [0.29, 0.717) is 5.92 Å². The van der Waals surface area contributed by atoms with E-state index in [1.54, 1.807) is 0 Å². The zero-order chi connectivity index (χ0) is 31.0. The van der Waals surface area contributed by atoms with Gasteiger partial charge >= 0.3 is 0 Å². The van der Waals surface area contributed by atoms with Crippen molar-refractivity contribution in [1.29, 1.82) is 0 Å². The van der Waals surface area contributed by atoms with Gasteiger partial charge in [-0.1, -0.05) is 114 Å². The van der Waals surface area contributed by atoms with Gasteiger partial charge in [0.15, 0.2) is 0 Å². The maximum atomic E-state index is 7.22. The van der Waals surface area contributed by atoms with Gasteiger partial charge in [-0.25, -0.2) is 0 Å². The molecule has 3 aliphatic rings. The Morgan fingerprint density at radius 2 is 1.69 bits per heavy atom. The number of fused-ring (bicyclic) bond motifs is 7. The molecule has 8 rings (SSSR count). The van der Waals surface area contributed by atoms with Gasteiger partial charge in [0.1, 0.15) is 5.58 Å². The second kappa shape index (κ2) is 10.7. The third-order valence-electron chi connectivity index (χ3n) is 11.4. The van der Waals surface area contributed by atoms with E-state index in [4.69, 9.17) is 4.42 Å². The van der Waals surface area contributed by atoms with Crippen molar-refractivity contribution in [3.63, 3.8) is 0 Å². The lowest BCUT2D eigenvalue weighted by atomic mass is 9.30. The standard InChI is InChI=1S/C42H46BNO/c1-7-9-13-27(4)30-20-22-33-35(25-30)43-38-32-17-11-16-29(14-10-8-2)40(32)45-41(38)44(36-18-12-15-28-19-21-31(28)36)37-24-26(3)23-34(39(37)43)42(33,5)6/h11-12,15-18,20,22-25,27H,7-10,13-14,19,21H2,1-6H3. The fourth-order valence-electron chi connectivity index (χ4n) is 8.74. The number of benzene rings is 4. The molecule has 0 saturated carbocycles. The smallest absolute Gasteiger partial charge is 0.252 e. The number of aryl methyl sites for hydroxylation is 3. The molecule has 1 aromatic heterocycles. The van der Waals surface area contributed by atoms with Crippen molar-refractivity contribution in [2.24, 2.45) is 0 Å². The topological polar surface area (TPSA) is 16.4 Å². The molecule has 0 N–H and O–H groups in total. The molecule has 0 fully saturated rings. The molecule has 5 aromatic rings. The minimum absolute atomic E-state index is 0.107. The van der Waals surface area contributed by atoms with Gasteiger partial charge in [0.2, 0.25) is 5.88 Å². The van der Waals surface area contributed by atoms with Crippen LogP contribution < -0.4 is 21.3 Å². The van der Waals surface area contributed by atoms with E-state index in [2.05, 4.69) is 113 Å². The number of anilines is 3. The third kappa shape index (κ3) is 4.22. The van der Waals surface area contributed by atoms with Crippen molar-refractivity contribution in [2.45, 2.75) is 104 Å². The van der Waals surface area contributed by atoms with Crippen LogP contribution in [0.15, 0.2) is 71.1 Å². The first-order valence-electron chi connectivity index (χ1n) is 17.6. The summed E-state index contributed by atoms with van der Waals surface area (Å²) in [5.74, 6) is 1.57. The summed E-state index contributed by atoms with van der Waals surface area (Å²) < 4.78 is 7.22. The predicted molar refractivity (Wildman–Crippen MR) is 193 cm³/mol. The molecule has 3 heteroatoms. The van der Waals surface area contributed by atoms with Gasteiger partial charge in [-0.2, -0.15) is 0 Å². The van der Waals surface area contributed by atoms with E-state index in [9.17, 15) is 0 Å². The Kier molecular flexibility index (Phi) is 6.82. The van der Waals surface area contributed by atoms with Crippen LogP contribution >= 0.6 is 0 Å². The van der Waals surface area contributed by atoms with Gasteiger partial charge in [0.25, 0.3) is 6.71 Å². The largest absolute Gasteiger partial charge is 0.440 e. The molecule has 45 heavy (non-hydrogen) atoms. The number of para-hydroxylation sites is 1. The lowest BCUT2D eigenvalue weighted by Crippen LogP contribution is -2.64. The minimum atomic E-state index is -0.107. The highest BCUT2D eigenvalue weighted by molar-refractivity contribution is 7.00. The van der Waals surface area contributed by atoms with Crippen LogP contribution in [0.1, 0.15) is 112 Å². The predicted octanol–water partition coefficient (Wildman–Crippen LogP) is 9.41. The molecule has 0 spiro atoms. The summed E-state index contributed by atoms with van der Waals surface area (Å²) >= 11 is 0. The average Bonchev–Trinajstić information content (AvgIpc) is 3.40. The summed E-state index contributed by atoms with van der Waals surface area (Å²) in [6.45, 7) is 14.3. The fourth-order valence-corrected chi connectivity index (χ4v) is 8.74. The van der Waals surface area contributed by atoms with Crippen LogP contribution in [0.25, 0.3) is 11.0 Å². The first-order valence-corrected chi connectivity index (χ1v) is 17.6. The average molecular weight is 592 g/mol. The fraction of sp³-hybridized carbons (Fsp3) is 0.381. The van der Waals surface area contributed by atoms with Crippen LogP contribution in [0, 0.1) is 6.92 Å². The quantitative estimate of drug-likeness (QED) is 0.164. The Hall–Kier alpha value is -3.72.